The molecule has 1 aliphatic carbocycles. The Kier molecular flexibility index (Phi) is 3.96. The highest BCUT2D eigenvalue weighted by Gasteiger charge is 2.64. The van der Waals surface area contributed by atoms with E-state index in [2.05, 4.69) is 18.7 Å². The van der Waals surface area contributed by atoms with Gasteiger partial charge in [0, 0.05) is 6.04 Å². The van der Waals surface area contributed by atoms with Crippen LogP contribution in [0.1, 0.15) is 40.0 Å². The molecule has 0 amide bonds. The lowest BCUT2D eigenvalue weighted by Crippen LogP contribution is -2.58. The van der Waals surface area contributed by atoms with E-state index in [-0.39, 0.29) is 35.2 Å². The minimum atomic E-state index is -0.472. The molecule has 1 unspecified atom stereocenters. The summed E-state index contributed by atoms with van der Waals surface area (Å²) in [7, 11) is 1.42. The van der Waals surface area contributed by atoms with E-state index in [9.17, 15) is 9.59 Å². The Labute approximate surface area is 132 Å². The molecule has 0 N–H and O–H groups in total. The van der Waals surface area contributed by atoms with Gasteiger partial charge in [0.25, 0.3) is 0 Å². The monoisotopic (exact) mass is 309 g/mol. The number of carbonyl (C=O) groups excluding carboxylic acids is 2. The van der Waals surface area contributed by atoms with E-state index in [0.29, 0.717) is 12.5 Å². The Hall–Kier alpha value is -1.10. The number of hydrogen-bond acceptors (Lipinski definition) is 5. The van der Waals surface area contributed by atoms with E-state index >= 15 is 0 Å². The van der Waals surface area contributed by atoms with Gasteiger partial charge < -0.3 is 9.47 Å². The van der Waals surface area contributed by atoms with E-state index in [1.165, 1.54) is 7.11 Å². The fraction of sp³-hybridized carbons (Fsp3) is 0.882. The number of esters is 2. The Balaban J connectivity index is 2.01. The number of ether oxygens (including phenoxy) is 2. The third-order valence-electron chi connectivity index (χ3n) is 6.32. The first-order chi connectivity index (χ1) is 10.4. The van der Waals surface area contributed by atoms with Crippen LogP contribution in [0, 0.1) is 23.2 Å². The highest BCUT2D eigenvalue weighted by Crippen LogP contribution is 2.57. The molecule has 2 aliphatic heterocycles. The van der Waals surface area contributed by atoms with Crippen LogP contribution in [-0.4, -0.2) is 49.2 Å². The first kappa shape index (κ1) is 15.8. The summed E-state index contributed by atoms with van der Waals surface area (Å²) in [6, 6.07) is -0.195. The number of methoxy groups -OCH3 is 1. The lowest BCUT2D eigenvalue weighted by Gasteiger charge is -2.54. The molecule has 1 saturated carbocycles. The van der Waals surface area contributed by atoms with E-state index < -0.39 is 6.04 Å². The summed E-state index contributed by atoms with van der Waals surface area (Å²) in [5, 5.41) is 0. The summed E-state index contributed by atoms with van der Waals surface area (Å²) in [4.78, 5) is 27.2. The average Bonchev–Trinajstić information content (AvgIpc) is 2.82. The highest BCUT2D eigenvalue weighted by molar-refractivity contribution is 5.86. The molecule has 5 nitrogen and oxygen atoms in total. The molecule has 124 valence electrons. The van der Waals surface area contributed by atoms with Crippen LogP contribution in [0.2, 0.25) is 0 Å². The summed E-state index contributed by atoms with van der Waals surface area (Å²) in [6.07, 6.45) is 3.25. The van der Waals surface area contributed by atoms with Crippen LogP contribution < -0.4 is 0 Å². The van der Waals surface area contributed by atoms with E-state index in [0.717, 1.165) is 25.8 Å². The van der Waals surface area contributed by atoms with Crippen molar-refractivity contribution in [2.45, 2.75) is 52.1 Å². The van der Waals surface area contributed by atoms with Crippen molar-refractivity contribution in [2.75, 3.05) is 20.3 Å². The standard InChI is InChI=1S/C17H27NO4/c1-5-22-16(20)13-12(15(19)21-4)11-7-6-10-8-9-18(13)14(11)17(10,2)3/h10-14H,5-9H2,1-4H3/t10-,11+,12+,13?,14-/m0/s1. The fourth-order valence-electron chi connectivity index (χ4n) is 5.43. The molecule has 2 bridgehead atoms. The van der Waals surface area contributed by atoms with Gasteiger partial charge in [-0.05, 0) is 50.0 Å². The van der Waals surface area contributed by atoms with Crippen molar-refractivity contribution in [1.29, 1.82) is 0 Å². The maximum atomic E-state index is 12.5. The van der Waals surface area contributed by atoms with Gasteiger partial charge in [0.15, 0.2) is 0 Å². The first-order valence-corrected chi connectivity index (χ1v) is 8.43. The van der Waals surface area contributed by atoms with Crippen LogP contribution in [0.25, 0.3) is 0 Å². The van der Waals surface area contributed by atoms with Crippen molar-refractivity contribution >= 4 is 11.9 Å². The van der Waals surface area contributed by atoms with Crippen LogP contribution in [0.4, 0.5) is 0 Å². The SMILES string of the molecule is CCOC(=O)C1[C@H](C(=O)OC)[C@H]2CC[C@H]3CCN1[C@@H]2C3(C)C. The van der Waals surface area contributed by atoms with Crippen LogP contribution in [0.3, 0.4) is 0 Å². The number of carbonyl (C=O) groups is 2. The van der Waals surface area contributed by atoms with E-state index in [1.807, 2.05) is 6.92 Å². The molecule has 0 aromatic carbocycles. The molecule has 3 aliphatic rings. The predicted octanol–water partition coefficient (Wildman–Crippen LogP) is 1.85. The molecule has 0 aromatic heterocycles. The molecule has 5 heteroatoms. The van der Waals surface area contributed by atoms with Crippen molar-refractivity contribution in [3.8, 4) is 0 Å². The molecule has 3 fully saturated rings. The summed E-state index contributed by atoms with van der Waals surface area (Å²) >= 11 is 0. The number of hydrogen-bond donors (Lipinski definition) is 0. The minimum absolute atomic E-state index is 0.134. The van der Waals surface area contributed by atoms with Crippen molar-refractivity contribution in [2.24, 2.45) is 23.2 Å². The van der Waals surface area contributed by atoms with Gasteiger partial charge in [-0.15, -0.1) is 0 Å². The summed E-state index contributed by atoms with van der Waals surface area (Å²) in [5.41, 5.74) is 0.134. The van der Waals surface area contributed by atoms with Gasteiger partial charge in [-0.25, -0.2) is 0 Å². The zero-order valence-corrected chi connectivity index (χ0v) is 14.0. The highest BCUT2D eigenvalue weighted by atomic mass is 16.5. The van der Waals surface area contributed by atoms with Gasteiger partial charge in [0.1, 0.15) is 6.04 Å². The third kappa shape index (κ3) is 2.08. The fourth-order valence-corrected chi connectivity index (χ4v) is 5.43. The topological polar surface area (TPSA) is 55.8 Å². The zero-order valence-electron chi connectivity index (χ0n) is 14.0. The van der Waals surface area contributed by atoms with Gasteiger partial charge in [-0.3, -0.25) is 14.5 Å². The van der Waals surface area contributed by atoms with E-state index in [1.54, 1.807) is 0 Å². The number of nitrogens with zero attached hydrogens (tertiary/aromatic N) is 1. The minimum Gasteiger partial charge on any atom is -0.469 e. The normalized spacial score (nSPS) is 39.4. The Morgan fingerprint density at radius 1 is 1.18 bits per heavy atom. The van der Waals surface area contributed by atoms with Crippen molar-refractivity contribution in [3.05, 3.63) is 0 Å². The lowest BCUT2D eigenvalue weighted by atomic mass is 9.58. The zero-order chi connectivity index (χ0) is 16.1. The Bertz CT molecular complexity index is 475. The van der Waals surface area contributed by atoms with Gasteiger partial charge in [-0.2, -0.15) is 0 Å². The van der Waals surface area contributed by atoms with Crippen molar-refractivity contribution in [1.82, 2.24) is 4.90 Å². The second kappa shape index (κ2) is 5.52. The average molecular weight is 309 g/mol. The summed E-state index contributed by atoms with van der Waals surface area (Å²) in [6.45, 7) is 7.62. The number of piperidine rings is 1. The van der Waals surface area contributed by atoms with Crippen LogP contribution in [0.15, 0.2) is 0 Å². The second-order valence-electron chi connectivity index (χ2n) is 7.48. The van der Waals surface area contributed by atoms with Crippen LogP contribution in [0.5, 0.6) is 0 Å². The Morgan fingerprint density at radius 3 is 2.55 bits per heavy atom. The predicted molar refractivity (Wildman–Crippen MR) is 81.0 cm³/mol. The maximum Gasteiger partial charge on any atom is 0.324 e. The van der Waals surface area contributed by atoms with Crippen LogP contribution >= 0.6 is 0 Å². The first-order valence-electron chi connectivity index (χ1n) is 8.43. The molecule has 2 saturated heterocycles. The van der Waals surface area contributed by atoms with Gasteiger partial charge in [-0.1, -0.05) is 13.8 Å². The summed E-state index contributed by atoms with van der Waals surface area (Å²) in [5.74, 6) is -0.0155. The number of fused-ring (bicyclic) bond motifs is 1. The molecule has 3 rings (SSSR count). The third-order valence-corrected chi connectivity index (χ3v) is 6.32. The summed E-state index contributed by atoms with van der Waals surface area (Å²) < 4.78 is 10.3. The lowest BCUT2D eigenvalue weighted by molar-refractivity contribution is -0.158. The molecule has 0 aromatic rings. The number of rotatable bonds is 3. The quantitative estimate of drug-likeness (QED) is 0.745. The molecular weight excluding hydrogens is 282 g/mol. The van der Waals surface area contributed by atoms with Crippen molar-refractivity contribution < 1.29 is 19.1 Å². The second-order valence-corrected chi connectivity index (χ2v) is 7.48. The van der Waals surface area contributed by atoms with E-state index in [4.69, 9.17) is 9.47 Å². The van der Waals surface area contributed by atoms with Gasteiger partial charge >= 0.3 is 11.9 Å². The molecule has 5 atom stereocenters. The Morgan fingerprint density at radius 2 is 1.91 bits per heavy atom. The largest absolute Gasteiger partial charge is 0.469 e. The molecule has 0 radical (unpaired) electrons. The maximum absolute atomic E-state index is 12.5. The molecular formula is C17H27NO4. The smallest absolute Gasteiger partial charge is 0.324 e. The molecule has 22 heavy (non-hydrogen) atoms. The van der Waals surface area contributed by atoms with Crippen molar-refractivity contribution in [3.63, 3.8) is 0 Å². The molecule has 0 spiro atoms. The van der Waals surface area contributed by atoms with Gasteiger partial charge in [0.2, 0.25) is 0 Å². The molecule has 2 heterocycles. The van der Waals surface area contributed by atoms with Crippen LogP contribution in [-0.2, 0) is 19.1 Å². The van der Waals surface area contributed by atoms with Gasteiger partial charge in [0.05, 0.1) is 19.6 Å².